The van der Waals surface area contributed by atoms with Gasteiger partial charge in [0.15, 0.2) is 0 Å². The number of nitrogens with two attached hydrogens (primary N) is 2. The summed E-state index contributed by atoms with van der Waals surface area (Å²) in [6.45, 7) is 13.3. The summed E-state index contributed by atoms with van der Waals surface area (Å²) >= 11 is 0. The van der Waals surface area contributed by atoms with Gasteiger partial charge in [0, 0.05) is 74.0 Å². The van der Waals surface area contributed by atoms with Crippen LogP contribution in [-0.4, -0.2) is 101 Å². The second-order valence-corrected chi connectivity index (χ2v) is 21.5. The van der Waals surface area contributed by atoms with Gasteiger partial charge in [-0.25, -0.2) is 14.6 Å². The molecule has 1 aromatic heterocycles. The minimum atomic E-state index is -1.06. The van der Waals surface area contributed by atoms with Crippen LogP contribution < -0.4 is 48.7 Å². The molecule has 0 fully saturated rings. The van der Waals surface area contributed by atoms with Crippen molar-refractivity contribution in [2.24, 2.45) is 28.3 Å². The van der Waals surface area contributed by atoms with Gasteiger partial charge < -0.3 is 58.3 Å². The van der Waals surface area contributed by atoms with Gasteiger partial charge in [-0.1, -0.05) is 116 Å². The Labute approximate surface area is 487 Å². The highest BCUT2D eigenvalue weighted by Crippen LogP contribution is 2.29. The molecule has 3 atom stereocenters. The van der Waals surface area contributed by atoms with Gasteiger partial charge in [0.25, 0.3) is 5.91 Å². The SMILES string of the molecule is CCCN(CCC)C(=O)C1=Cc2ccc(C(=O)Nc3cncc(CNC(=O)C(Cc4ccccc4)NC(=O)OCc4ccc(NC(=O)C(CCCNC(N)=O)NC(=O)C(NC(=O)CCCCCCC(C)C)C(C)C)cc4)c3)cc2N=C(N)C1. The molecule has 0 aliphatic carbocycles. The van der Waals surface area contributed by atoms with Crippen LogP contribution in [0.3, 0.4) is 0 Å². The van der Waals surface area contributed by atoms with Gasteiger partial charge in [0.05, 0.1) is 17.6 Å². The van der Waals surface area contributed by atoms with Crippen molar-refractivity contribution in [3.63, 3.8) is 0 Å². The first-order valence-electron chi connectivity index (χ1n) is 28.8. The summed E-state index contributed by atoms with van der Waals surface area (Å²) in [7, 11) is 0. The maximum Gasteiger partial charge on any atom is 0.408 e. The second kappa shape index (κ2) is 34.0. The van der Waals surface area contributed by atoms with E-state index in [2.05, 4.69) is 61.0 Å². The van der Waals surface area contributed by atoms with Crippen LogP contribution in [0.2, 0.25) is 0 Å². The quantitative estimate of drug-likeness (QED) is 0.0212. The summed E-state index contributed by atoms with van der Waals surface area (Å²) in [5.41, 5.74) is 16.1. The number of carbonyl (C=O) groups excluding carboxylic acids is 8. The number of hydrogen-bond donors (Lipinski definition) is 9. The Hall–Kier alpha value is -8.62. The minimum absolute atomic E-state index is 0.00383. The number of aromatic nitrogens is 1. The zero-order valence-electron chi connectivity index (χ0n) is 48.8. The molecule has 2 heterocycles. The molecule has 0 saturated heterocycles. The number of rotatable bonds is 32. The predicted octanol–water partition coefficient (Wildman–Crippen LogP) is 7.92. The molecule has 3 aromatic carbocycles. The highest BCUT2D eigenvalue weighted by molar-refractivity contribution is 6.08. The van der Waals surface area contributed by atoms with Crippen LogP contribution in [0.1, 0.15) is 145 Å². The molecule has 0 radical (unpaired) electrons. The summed E-state index contributed by atoms with van der Waals surface area (Å²) in [5, 5.41) is 19.4. The Balaban J connectivity index is 1.16. The first-order valence-corrected chi connectivity index (χ1v) is 28.8. The lowest BCUT2D eigenvalue weighted by molar-refractivity contribution is -0.132. The maximum atomic E-state index is 13.8. The standard InChI is InChI=1S/C62H84N12O9/c1-7-29-74(30-8-2)60(80)47-33-45-24-25-46(34-51(45)70-53(63)35-47)56(76)69-49-31-44(36-65-38-49)37-67-57(77)52(32-42-18-13-11-14-19-42)72-62(82)83-39-43-22-26-48(27-23-43)68-58(78)50(20-16-28-66-61(64)81)71-59(79)55(41(5)6)73-54(75)21-15-10-9-12-17-40(3)4/h11,13-14,18-19,22-27,31,33-34,36,38,40-41,50,52,55H,7-10,12,15-17,20-21,28-30,32,35,37,39H2,1-6H3,(H2,63,70)(H,67,77)(H,68,78)(H,69,76)(H,71,79)(H,72,82)(H,73,75)(H3,64,66,81). The van der Waals surface area contributed by atoms with E-state index in [-0.39, 0.29) is 68.9 Å². The van der Waals surface area contributed by atoms with E-state index in [1.165, 1.54) is 6.20 Å². The maximum absolute atomic E-state index is 13.8. The van der Waals surface area contributed by atoms with Crippen molar-refractivity contribution < 1.29 is 43.1 Å². The molecule has 5 rings (SSSR count). The lowest BCUT2D eigenvalue weighted by Gasteiger charge is -2.25. The minimum Gasteiger partial charge on any atom is -0.445 e. The summed E-state index contributed by atoms with van der Waals surface area (Å²) in [4.78, 5) is 116. The number of fused-ring (bicyclic) bond motifs is 1. The van der Waals surface area contributed by atoms with E-state index in [1.807, 2.05) is 62.9 Å². The zero-order chi connectivity index (χ0) is 60.3. The van der Waals surface area contributed by atoms with Crippen molar-refractivity contribution in [3.8, 4) is 0 Å². The largest absolute Gasteiger partial charge is 0.445 e. The fraction of sp³-hybridized carbons (Fsp3) is 0.452. The Morgan fingerprint density at radius 1 is 0.687 bits per heavy atom. The molecule has 9 amide bonds. The average molecular weight is 1140 g/mol. The fourth-order valence-electron chi connectivity index (χ4n) is 9.22. The number of hydrogen-bond acceptors (Lipinski definition) is 12. The van der Waals surface area contributed by atoms with Gasteiger partial charge in [-0.15, -0.1) is 0 Å². The van der Waals surface area contributed by atoms with E-state index in [0.717, 1.165) is 44.1 Å². The lowest BCUT2D eigenvalue weighted by atomic mass is 10.0. The number of carbonyl (C=O) groups is 8. The Bertz CT molecular complexity index is 2890. The Morgan fingerprint density at radius 2 is 1.41 bits per heavy atom. The molecule has 0 spiro atoms. The van der Waals surface area contributed by atoms with Crippen LogP contribution >= 0.6 is 0 Å². The monoisotopic (exact) mass is 1140 g/mol. The highest BCUT2D eigenvalue weighted by Gasteiger charge is 2.29. The third kappa shape index (κ3) is 22.7. The van der Waals surface area contributed by atoms with Crippen molar-refractivity contribution in [3.05, 3.63) is 125 Å². The number of urea groups is 1. The molecule has 4 aromatic rings. The molecule has 11 N–H and O–H groups in total. The van der Waals surface area contributed by atoms with Gasteiger partial charge in [-0.2, -0.15) is 0 Å². The highest BCUT2D eigenvalue weighted by atomic mass is 16.5. The van der Waals surface area contributed by atoms with Gasteiger partial charge in [0.1, 0.15) is 30.6 Å². The fourth-order valence-corrected chi connectivity index (χ4v) is 9.22. The van der Waals surface area contributed by atoms with E-state index in [4.69, 9.17) is 16.2 Å². The number of primary amides is 1. The van der Waals surface area contributed by atoms with E-state index in [9.17, 15) is 38.4 Å². The number of amides is 9. The number of anilines is 2. The molecule has 3 unspecified atom stereocenters. The summed E-state index contributed by atoms with van der Waals surface area (Å²) < 4.78 is 5.55. The topological polar surface area (TPSA) is 311 Å². The molecule has 1 aliphatic heterocycles. The molecule has 83 heavy (non-hydrogen) atoms. The van der Waals surface area contributed by atoms with Gasteiger partial charge >= 0.3 is 12.1 Å². The molecule has 21 heteroatoms. The lowest BCUT2D eigenvalue weighted by Crippen LogP contribution is -2.54. The van der Waals surface area contributed by atoms with E-state index in [1.54, 1.807) is 60.8 Å². The normalized spacial score (nSPS) is 12.9. The number of unbranched alkanes of at least 4 members (excludes halogenated alkanes) is 3. The van der Waals surface area contributed by atoms with Crippen LogP contribution in [0.5, 0.6) is 0 Å². The number of amidine groups is 1. The Kier molecular flexibility index (Phi) is 26.7. The Morgan fingerprint density at radius 3 is 2.10 bits per heavy atom. The predicted molar refractivity (Wildman–Crippen MR) is 322 cm³/mol. The zero-order valence-corrected chi connectivity index (χ0v) is 48.8. The third-order valence-electron chi connectivity index (χ3n) is 13.6. The number of alkyl carbamates (subject to hydrolysis) is 1. The number of pyridine rings is 1. The first-order chi connectivity index (χ1) is 39.8. The van der Waals surface area contributed by atoms with Crippen LogP contribution in [0.4, 0.5) is 26.7 Å². The van der Waals surface area contributed by atoms with E-state index in [0.29, 0.717) is 76.7 Å². The summed E-state index contributed by atoms with van der Waals surface area (Å²) in [6.07, 6.45) is 11.6. The number of aliphatic imine (C=N–C) groups is 1. The van der Waals surface area contributed by atoms with Crippen molar-refractivity contribution in [1.82, 2.24) is 36.5 Å². The molecule has 0 bridgehead atoms. The average Bonchev–Trinajstić information content (AvgIpc) is 3.95. The van der Waals surface area contributed by atoms with Crippen LogP contribution in [0.25, 0.3) is 6.08 Å². The summed E-state index contributed by atoms with van der Waals surface area (Å²) in [6, 6.07) is 18.6. The van der Waals surface area contributed by atoms with Crippen molar-refractivity contribution in [2.45, 2.75) is 150 Å². The molecular weight excluding hydrogens is 1060 g/mol. The number of benzene rings is 3. The van der Waals surface area contributed by atoms with Gasteiger partial charge in [-0.05, 0) is 97.0 Å². The first kappa shape index (κ1) is 65.2. The van der Waals surface area contributed by atoms with Crippen LogP contribution in [-0.2, 0) is 48.3 Å². The summed E-state index contributed by atoms with van der Waals surface area (Å²) in [5.74, 6) is -1.70. The van der Waals surface area contributed by atoms with Gasteiger partial charge in [0.2, 0.25) is 29.5 Å². The number of nitrogens with zero attached hydrogens (tertiary/aromatic N) is 3. The van der Waals surface area contributed by atoms with E-state index >= 15 is 0 Å². The van der Waals surface area contributed by atoms with Crippen molar-refractivity contribution in [1.29, 1.82) is 0 Å². The molecule has 1 aliphatic rings. The van der Waals surface area contributed by atoms with Crippen molar-refractivity contribution >= 4 is 76.5 Å². The number of nitrogens with one attached hydrogen (secondary N) is 7. The van der Waals surface area contributed by atoms with E-state index < -0.39 is 53.9 Å². The van der Waals surface area contributed by atoms with Crippen molar-refractivity contribution in [2.75, 3.05) is 30.3 Å². The van der Waals surface area contributed by atoms with Gasteiger partial charge in [-0.3, -0.25) is 33.8 Å². The molecule has 21 nitrogen and oxygen atoms in total. The van der Waals surface area contributed by atoms with Crippen LogP contribution in [0.15, 0.2) is 102 Å². The molecule has 446 valence electrons. The smallest absolute Gasteiger partial charge is 0.408 e. The third-order valence-corrected chi connectivity index (χ3v) is 13.6. The van der Waals surface area contributed by atoms with Crippen LogP contribution in [0, 0.1) is 11.8 Å². The molecule has 0 saturated carbocycles. The number of ether oxygens (including phenoxy) is 1. The molecular formula is C62H84N12O9. The second-order valence-electron chi connectivity index (χ2n) is 21.5.